The summed E-state index contributed by atoms with van der Waals surface area (Å²) in [5.41, 5.74) is 1.16. The Morgan fingerprint density at radius 2 is 1.76 bits per heavy atom. The Bertz CT molecular complexity index is 504. The second-order valence-electron chi connectivity index (χ2n) is 4.29. The molecule has 0 spiro atoms. The van der Waals surface area contributed by atoms with E-state index in [1.165, 1.54) is 0 Å². The van der Waals surface area contributed by atoms with Gasteiger partial charge in [0, 0.05) is 6.07 Å². The van der Waals surface area contributed by atoms with Gasteiger partial charge in [-0.1, -0.05) is 38.1 Å². The summed E-state index contributed by atoms with van der Waals surface area (Å²) in [5.74, 6) is 2.11. The molecule has 0 aliphatic carbocycles. The third kappa shape index (κ3) is 2.78. The normalized spacial score (nSPS) is 10.5. The number of hydrogen-bond acceptors (Lipinski definition) is 2. The van der Waals surface area contributed by atoms with Crippen LogP contribution in [0.2, 0.25) is 0 Å². The minimum Gasteiger partial charge on any atom is -0.508 e. The molecule has 0 atom stereocenters. The van der Waals surface area contributed by atoms with Gasteiger partial charge in [-0.3, -0.25) is 0 Å². The summed E-state index contributed by atoms with van der Waals surface area (Å²) in [4.78, 5) is 0. The maximum absolute atomic E-state index is 9.39. The molecule has 2 aromatic carbocycles. The number of phenols is 1. The molecular weight excluding hydrogens is 212 g/mol. The van der Waals surface area contributed by atoms with Gasteiger partial charge in [-0.05, 0) is 29.7 Å². The number of hydrogen-bond donors (Lipinski definition) is 1. The summed E-state index contributed by atoms with van der Waals surface area (Å²) in [6.07, 6.45) is 0. The molecule has 0 bridgehead atoms. The highest BCUT2D eigenvalue weighted by Crippen LogP contribution is 2.31. The highest BCUT2D eigenvalue weighted by Gasteiger charge is 2.07. The number of ether oxygens (including phenoxy) is 1. The molecule has 0 aliphatic heterocycles. The molecule has 2 aromatic rings. The summed E-state index contributed by atoms with van der Waals surface area (Å²) >= 11 is 0. The van der Waals surface area contributed by atoms with Crippen LogP contribution < -0.4 is 4.74 Å². The summed E-state index contributed by atoms with van der Waals surface area (Å²) in [6.45, 7) is 4.26. The van der Waals surface area contributed by atoms with E-state index < -0.39 is 0 Å². The van der Waals surface area contributed by atoms with E-state index in [-0.39, 0.29) is 5.75 Å². The molecule has 2 nitrogen and oxygen atoms in total. The van der Waals surface area contributed by atoms with Crippen LogP contribution in [0.4, 0.5) is 0 Å². The number of para-hydroxylation sites is 1. The fraction of sp³-hybridized carbons (Fsp3) is 0.200. The monoisotopic (exact) mass is 228 g/mol. The van der Waals surface area contributed by atoms with Gasteiger partial charge in [0.1, 0.15) is 17.2 Å². The highest BCUT2D eigenvalue weighted by molar-refractivity contribution is 5.41. The molecule has 0 unspecified atom stereocenters. The predicted octanol–water partition coefficient (Wildman–Crippen LogP) is 4.31. The van der Waals surface area contributed by atoms with E-state index in [9.17, 15) is 5.11 Å². The van der Waals surface area contributed by atoms with Crippen LogP contribution in [0.1, 0.15) is 25.3 Å². The zero-order valence-corrected chi connectivity index (χ0v) is 10.1. The zero-order chi connectivity index (χ0) is 12.3. The van der Waals surface area contributed by atoms with Crippen LogP contribution in [0.5, 0.6) is 17.2 Å². The van der Waals surface area contributed by atoms with E-state index in [4.69, 9.17) is 4.74 Å². The fourth-order valence-corrected chi connectivity index (χ4v) is 1.72. The van der Waals surface area contributed by atoms with Crippen LogP contribution in [0.3, 0.4) is 0 Å². The lowest BCUT2D eigenvalue weighted by Crippen LogP contribution is -1.93. The van der Waals surface area contributed by atoms with Crippen molar-refractivity contribution >= 4 is 0 Å². The van der Waals surface area contributed by atoms with Crippen molar-refractivity contribution < 1.29 is 9.84 Å². The van der Waals surface area contributed by atoms with Crippen molar-refractivity contribution in [3.05, 3.63) is 54.1 Å². The maximum atomic E-state index is 9.39. The number of benzene rings is 2. The first-order valence-electron chi connectivity index (χ1n) is 5.72. The van der Waals surface area contributed by atoms with Crippen LogP contribution in [-0.2, 0) is 0 Å². The molecular formula is C15H16O2. The second-order valence-corrected chi connectivity index (χ2v) is 4.29. The third-order valence-electron chi connectivity index (χ3n) is 2.59. The minimum atomic E-state index is 0.213. The van der Waals surface area contributed by atoms with E-state index in [0.29, 0.717) is 11.7 Å². The van der Waals surface area contributed by atoms with E-state index >= 15 is 0 Å². The molecule has 2 heteroatoms. The summed E-state index contributed by atoms with van der Waals surface area (Å²) in [6, 6.07) is 14.8. The Morgan fingerprint density at radius 3 is 2.47 bits per heavy atom. The van der Waals surface area contributed by atoms with Gasteiger partial charge in [-0.25, -0.2) is 0 Å². The van der Waals surface area contributed by atoms with Gasteiger partial charge in [0.2, 0.25) is 0 Å². The van der Waals surface area contributed by atoms with E-state index in [2.05, 4.69) is 19.9 Å². The SMILES string of the molecule is CC(C)c1ccccc1Oc1cccc(O)c1. The van der Waals surface area contributed by atoms with Gasteiger partial charge in [0.05, 0.1) is 0 Å². The molecule has 0 amide bonds. The Kier molecular flexibility index (Phi) is 3.33. The van der Waals surface area contributed by atoms with Crippen LogP contribution in [0.25, 0.3) is 0 Å². The first kappa shape index (κ1) is 11.5. The highest BCUT2D eigenvalue weighted by atomic mass is 16.5. The van der Waals surface area contributed by atoms with Crippen LogP contribution >= 0.6 is 0 Å². The Morgan fingerprint density at radius 1 is 1.00 bits per heavy atom. The van der Waals surface area contributed by atoms with Crippen LogP contribution in [-0.4, -0.2) is 5.11 Å². The summed E-state index contributed by atoms with van der Waals surface area (Å²) in [7, 11) is 0. The number of rotatable bonds is 3. The lowest BCUT2D eigenvalue weighted by atomic mass is 10.0. The van der Waals surface area contributed by atoms with Gasteiger partial charge < -0.3 is 9.84 Å². The van der Waals surface area contributed by atoms with Crippen LogP contribution in [0.15, 0.2) is 48.5 Å². The molecule has 0 aliphatic rings. The minimum absolute atomic E-state index is 0.213. The van der Waals surface area contributed by atoms with Gasteiger partial charge in [0.25, 0.3) is 0 Å². The lowest BCUT2D eigenvalue weighted by molar-refractivity contribution is 0.451. The summed E-state index contributed by atoms with van der Waals surface area (Å²) < 4.78 is 5.79. The van der Waals surface area contributed by atoms with Crippen molar-refractivity contribution in [2.45, 2.75) is 19.8 Å². The molecule has 0 aromatic heterocycles. The largest absolute Gasteiger partial charge is 0.508 e. The van der Waals surface area contributed by atoms with E-state index in [0.717, 1.165) is 11.3 Å². The first-order chi connectivity index (χ1) is 8.16. The predicted molar refractivity (Wildman–Crippen MR) is 68.7 cm³/mol. The Labute approximate surface area is 101 Å². The van der Waals surface area contributed by atoms with Gasteiger partial charge >= 0.3 is 0 Å². The molecule has 2 rings (SSSR count). The van der Waals surface area contributed by atoms with Gasteiger partial charge in [0.15, 0.2) is 0 Å². The fourth-order valence-electron chi connectivity index (χ4n) is 1.72. The average Bonchev–Trinajstić information content (AvgIpc) is 2.29. The van der Waals surface area contributed by atoms with Gasteiger partial charge in [-0.15, -0.1) is 0 Å². The quantitative estimate of drug-likeness (QED) is 0.848. The lowest BCUT2D eigenvalue weighted by Gasteiger charge is -2.13. The van der Waals surface area contributed by atoms with Gasteiger partial charge in [-0.2, -0.15) is 0 Å². The summed E-state index contributed by atoms with van der Waals surface area (Å²) in [5, 5.41) is 9.39. The molecule has 0 radical (unpaired) electrons. The molecule has 1 N–H and O–H groups in total. The Hall–Kier alpha value is -1.96. The maximum Gasteiger partial charge on any atom is 0.131 e. The van der Waals surface area contributed by atoms with E-state index in [1.54, 1.807) is 18.2 Å². The standard InChI is InChI=1S/C15H16O2/c1-11(2)14-8-3-4-9-15(14)17-13-7-5-6-12(16)10-13/h3-11,16H,1-2H3. The smallest absolute Gasteiger partial charge is 0.131 e. The van der Waals surface area contributed by atoms with Crippen molar-refractivity contribution in [2.75, 3.05) is 0 Å². The van der Waals surface area contributed by atoms with E-state index in [1.807, 2.05) is 24.3 Å². The third-order valence-corrected chi connectivity index (χ3v) is 2.59. The molecule has 0 saturated heterocycles. The molecule has 0 fully saturated rings. The molecule has 17 heavy (non-hydrogen) atoms. The van der Waals surface area contributed by atoms with Crippen molar-refractivity contribution in [1.29, 1.82) is 0 Å². The van der Waals surface area contributed by atoms with Crippen molar-refractivity contribution in [3.63, 3.8) is 0 Å². The van der Waals surface area contributed by atoms with Crippen molar-refractivity contribution in [2.24, 2.45) is 0 Å². The molecule has 0 heterocycles. The van der Waals surface area contributed by atoms with Crippen LogP contribution in [0, 0.1) is 0 Å². The Balaban J connectivity index is 2.30. The topological polar surface area (TPSA) is 29.5 Å². The zero-order valence-electron chi connectivity index (χ0n) is 10.1. The first-order valence-corrected chi connectivity index (χ1v) is 5.72. The number of phenolic OH excluding ortho intramolecular Hbond substituents is 1. The van der Waals surface area contributed by atoms with Crippen molar-refractivity contribution in [3.8, 4) is 17.2 Å². The van der Waals surface area contributed by atoms with Crippen molar-refractivity contribution in [1.82, 2.24) is 0 Å². The molecule has 88 valence electrons. The average molecular weight is 228 g/mol. The molecule has 0 saturated carbocycles. The number of aromatic hydroxyl groups is 1. The second kappa shape index (κ2) is 4.91.